The number of benzene rings is 1. The lowest BCUT2D eigenvalue weighted by atomic mass is 9.99. The summed E-state index contributed by atoms with van der Waals surface area (Å²) in [7, 11) is 1.72. The molecule has 1 unspecified atom stereocenters. The first-order valence-corrected chi connectivity index (χ1v) is 5.68. The third-order valence-electron chi connectivity index (χ3n) is 3.20. The minimum atomic E-state index is 0.223. The van der Waals surface area contributed by atoms with Crippen LogP contribution < -0.4 is 10.5 Å². The van der Waals surface area contributed by atoms with Gasteiger partial charge in [-0.25, -0.2) is 0 Å². The van der Waals surface area contributed by atoms with Crippen molar-refractivity contribution in [2.75, 3.05) is 7.11 Å². The van der Waals surface area contributed by atoms with Gasteiger partial charge in [-0.15, -0.1) is 0 Å². The molecule has 1 aliphatic rings. The predicted molar refractivity (Wildman–Crippen MR) is 62.0 cm³/mol. The Morgan fingerprint density at radius 2 is 2.20 bits per heavy atom. The summed E-state index contributed by atoms with van der Waals surface area (Å²) in [6.07, 6.45) is 3.57. The van der Waals surface area contributed by atoms with E-state index in [9.17, 15) is 0 Å². The first kappa shape index (κ1) is 10.5. The van der Waals surface area contributed by atoms with Crippen molar-refractivity contribution in [1.29, 1.82) is 0 Å². The van der Waals surface area contributed by atoms with Gasteiger partial charge in [0.25, 0.3) is 0 Å². The SMILES string of the molecule is CCc1cc(C(N)C2CC2)ccc1OC. The van der Waals surface area contributed by atoms with Crippen LogP contribution in [0.15, 0.2) is 18.2 Å². The minimum Gasteiger partial charge on any atom is -0.496 e. The summed E-state index contributed by atoms with van der Waals surface area (Å²) in [5.41, 5.74) is 8.69. The van der Waals surface area contributed by atoms with E-state index >= 15 is 0 Å². The smallest absolute Gasteiger partial charge is 0.122 e. The molecule has 1 aromatic carbocycles. The molecule has 1 aliphatic carbocycles. The topological polar surface area (TPSA) is 35.2 Å². The highest BCUT2D eigenvalue weighted by molar-refractivity contribution is 5.38. The van der Waals surface area contributed by atoms with Crippen molar-refractivity contribution in [3.05, 3.63) is 29.3 Å². The van der Waals surface area contributed by atoms with E-state index in [1.54, 1.807) is 7.11 Å². The van der Waals surface area contributed by atoms with Crippen LogP contribution in [-0.2, 0) is 6.42 Å². The summed E-state index contributed by atoms with van der Waals surface area (Å²) in [4.78, 5) is 0. The zero-order valence-corrected chi connectivity index (χ0v) is 9.49. The Bertz CT molecular complexity index is 344. The van der Waals surface area contributed by atoms with Crippen LogP contribution in [-0.4, -0.2) is 7.11 Å². The molecule has 0 aliphatic heterocycles. The van der Waals surface area contributed by atoms with Gasteiger partial charge in [0.15, 0.2) is 0 Å². The van der Waals surface area contributed by atoms with Gasteiger partial charge in [-0.05, 0) is 42.4 Å². The maximum Gasteiger partial charge on any atom is 0.122 e. The number of nitrogens with two attached hydrogens (primary N) is 1. The summed E-state index contributed by atoms with van der Waals surface area (Å²) in [5.74, 6) is 1.69. The lowest BCUT2D eigenvalue weighted by molar-refractivity contribution is 0.409. The summed E-state index contributed by atoms with van der Waals surface area (Å²) >= 11 is 0. The maximum atomic E-state index is 6.17. The molecule has 0 radical (unpaired) electrons. The van der Waals surface area contributed by atoms with Gasteiger partial charge in [0.2, 0.25) is 0 Å². The summed E-state index contributed by atoms with van der Waals surface area (Å²) in [6.45, 7) is 2.14. The third kappa shape index (κ3) is 2.15. The fraction of sp³-hybridized carbons (Fsp3) is 0.538. The van der Waals surface area contributed by atoms with E-state index in [-0.39, 0.29) is 6.04 Å². The molecule has 1 atom stereocenters. The van der Waals surface area contributed by atoms with Crippen LogP contribution in [0, 0.1) is 5.92 Å². The highest BCUT2D eigenvalue weighted by Gasteiger charge is 2.29. The monoisotopic (exact) mass is 205 g/mol. The molecule has 82 valence electrons. The number of ether oxygens (including phenoxy) is 1. The lowest BCUT2D eigenvalue weighted by Gasteiger charge is -2.14. The zero-order valence-electron chi connectivity index (χ0n) is 9.49. The van der Waals surface area contributed by atoms with Crippen molar-refractivity contribution < 1.29 is 4.74 Å². The third-order valence-corrected chi connectivity index (χ3v) is 3.20. The zero-order chi connectivity index (χ0) is 10.8. The Hall–Kier alpha value is -1.02. The number of rotatable bonds is 4. The standard InChI is InChI=1S/C13H19NO/c1-3-9-8-11(6-7-12(9)15-2)13(14)10-4-5-10/h6-8,10,13H,3-5,14H2,1-2H3. The highest BCUT2D eigenvalue weighted by Crippen LogP contribution is 2.40. The molecule has 2 heteroatoms. The highest BCUT2D eigenvalue weighted by atomic mass is 16.5. The van der Waals surface area contributed by atoms with Crippen molar-refractivity contribution >= 4 is 0 Å². The van der Waals surface area contributed by atoms with E-state index in [1.807, 2.05) is 6.07 Å². The molecule has 1 fully saturated rings. The van der Waals surface area contributed by atoms with Crippen LogP contribution >= 0.6 is 0 Å². The first-order chi connectivity index (χ1) is 7.26. The Balaban J connectivity index is 2.25. The molecule has 2 nitrogen and oxygen atoms in total. The first-order valence-electron chi connectivity index (χ1n) is 5.68. The minimum absolute atomic E-state index is 0.223. The van der Waals surface area contributed by atoms with Gasteiger partial charge >= 0.3 is 0 Å². The van der Waals surface area contributed by atoms with Crippen LogP contribution in [0.25, 0.3) is 0 Å². The van der Waals surface area contributed by atoms with E-state index < -0.39 is 0 Å². The molecule has 0 heterocycles. The largest absolute Gasteiger partial charge is 0.496 e. The molecule has 0 bridgehead atoms. The fourth-order valence-electron chi connectivity index (χ4n) is 2.01. The number of aryl methyl sites for hydroxylation is 1. The van der Waals surface area contributed by atoms with E-state index in [2.05, 4.69) is 19.1 Å². The summed E-state index contributed by atoms with van der Waals surface area (Å²) in [6, 6.07) is 6.56. The molecule has 15 heavy (non-hydrogen) atoms. The second-order valence-electron chi connectivity index (χ2n) is 4.29. The van der Waals surface area contributed by atoms with E-state index in [0.717, 1.165) is 12.2 Å². The van der Waals surface area contributed by atoms with Gasteiger partial charge in [0.05, 0.1) is 7.11 Å². The van der Waals surface area contributed by atoms with Gasteiger partial charge in [0.1, 0.15) is 5.75 Å². The summed E-state index contributed by atoms with van der Waals surface area (Å²) in [5, 5.41) is 0. The van der Waals surface area contributed by atoms with Crippen molar-refractivity contribution in [3.63, 3.8) is 0 Å². The van der Waals surface area contributed by atoms with Gasteiger partial charge in [-0.2, -0.15) is 0 Å². The van der Waals surface area contributed by atoms with E-state index in [0.29, 0.717) is 5.92 Å². The average molecular weight is 205 g/mol. The van der Waals surface area contributed by atoms with E-state index in [1.165, 1.54) is 24.0 Å². The quantitative estimate of drug-likeness (QED) is 0.820. The van der Waals surface area contributed by atoms with Crippen molar-refractivity contribution in [3.8, 4) is 5.75 Å². The molecule has 0 saturated heterocycles. The van der Waals surface area contributed by atoms with Crippen molar-refractivity contribution in [1.82, 2.24) is 0 Å². The Morgan fingerprint density at radius 1 is 1.47 bits per heavy atom. The van der Waals surface area contributed by atoms with E-state index in [4.69, 9.17) is 10.5 Å². The van der Waals surface area contributed by atoms with Gasteiger partial charge in [-0.3, -0.25) is 0 Å². The molecule has 0 spiro atoms. The number of hydrogen-bond donors (Lipinski definition) is 1. The number of hydrogen-bond acceptors (Lipinski definition) is 2. The Morgan fingerprint density at radius 3 is 2.73 bits per heavy atom. The van der Waals surface area contributed by atoms with Gasteiger partial charge in [0, 0.05) is 6.04 Å². The average Bonchev–Trinajstić information content (AvgIpc) is 3.11. The molecule has 2 N–H and O–H groups in total. The van der Waals surface area contributed by atoms with Crippen LogP contribution in [0.4, 0.5) is 0 Å². The summed E-state index contributed by atoms with van der Waals surface area (Å²) < 4.78 is 5.31. The second kappa shape index (κ2) is 4.23. The second-order valence-corrected chi connectivity index (χ2v) is 4.29. The predicted octanol–water partition coefficient (Wildman–Crippen LogP) is 2.67. The number of methoxy groups -OCH3 is 1. The van der Waals surface area contributed by atoms with Crippen LogP contribution in [0.5, 0.6) is 5.75 Å². The Labute approximate surface area is 91.4 Å². The van der Waals surface area contributed by atoms with Crippen molar-refractivity contribution in [2.45, 2.75) is 32.2 Å². The van der Waals surface area contributed by atoms with Crippen molar-refractivity contribution in [2.24, 2.45) is 11.7 Å². The molecule has 1 saturated carbocycles. The maximum absolute atomic E-state index is 6.17. The fourth-order valence-corrected chi connectivity index (χ4v) is 2.01. The normalized spacial score (nSPS) is 17.5. The van der Waals surface area contributed by atoms with Gasteiger partial charge in [-0.1, -0.05) is 19.1 Å². The lowest BCUT2D eigenvalue weighted by Crippen LogP contribution is -2.12. The molecule has 0 aromatic heterocycles. The Kier molecular flexibility index (Phi) is 2.96. The van der Waals surface area contributed by atoms with Crippen LogP contribution in [0.1, 0.15) is 36.9 Å². The molecule has 1 aromatic rings. The van der Waals surface area contributed by atoms with Crippen LogP contribution in [0.3, 0.4) is 0 Å². The van der Waals surface area contributed by atoms with Gasteiger partial charge < -0.3 is 10.5 Å². The molecular formula is C13H19NO. The molecular weight excluding hydrogens is 186 g/mol. The van der Waals surface area contributed by atoms with Crippen LogP contribution in [0.2, 0.25) is 0 Å². The molecule has 2 rings (SSSR count). The molecule has 0 amide bonds.